The van der Waals surface area contributed by atoms with Gasteiger partial charge in [0.05, 0.1) is 18.4 Å². The molecule has 1 saturated heterocycles. The molecule has 0 spiro atoms. The van der Waals surface area contributed by atoms with Crippen LogP contribution in [0.1, 0.15) is 25.3 Å². The van der Waals surface area contributed by atoms with Crippen molar-refractivity contribution < 1.29 is 23.1 Å². The number of carbonyl (C=O) groups excluding carboxylic acids is 2. The maximum atomic E-state index is 14.5. The first-order valence-electron chi connectivity index (χ1n) is 9.88. The molecule has 0 aliphatic carbocycles. The van der Waals surface area contributed by atoms with Gasteiger partial charge in [0.1, 0.15) is 23.1 Å². The summed E-state index contributed by atoms with van der Waals surface area (Å²) in [6.07, 6.45) is 1.77. The number of halogens is 2. The van der Waals surface area contributed by atoms with Crippen LogP contribution in [-0.4, -0.2) is 36.9 Å². The molecule has 0 atom stereocenters. The smallest absolute Gasteiger partial charge is 0.282 e. The predicted octanol–water partition coefficient (Wildman–Crippen LogP) is 3.99. The topological polar surface area (TPSA) is 49.9 Å². The van der Waals surface area contributed by atoms with Crippen LogP contribution in [0.25, 0.3) is 5.57 Å². The molecule has 0 unspecified atom stereocenters. The van der Waals surface area contributed by atoms with E-state index in [4.69, 9.17) is 4.74 Å². The van der Waals surface area contributed by atoms with Crippen LogP contribution in [0.4, 0.5) is 14.5 Å². The minimum absolute atomic E-state index is 0.195. The first-order valence-corrected chi connectivity index (χ1v) is 9.88. The van der Waals surface area contributed by atoms with Crippen LogP contribution in [0.3, 0.4) is 0 Å². The Morgan fingerprint density at radius 2 is 1.63 bits per heavy atom. The Morgan fingerprint density at radius 3 is 2.27 bits per heavy atom. The van der Waals surface area contributed by atoms with Crippen molar-refractivity contribution in [3.05, 3.63) is 65.4 Å². The largest absolute Gasteiger partial charge is 0.497 e. The molecule has 2 amide bonds. The number of hydrogen-bond acceptors (Lipinski definition) is 4. The maximum Gasteiger partial charge on any atom is 0.282 e. The number of benzene rings is 2. The number of imide groups is 1. The molecule has 5 nitrogen and oxygen atoms in total. The number of ether oxygens (including phenoxy) is 1. The second-order valence-corrected chi connectivity index (χ2v) is 7.66. The second-order valence-electron chi connectivity index (χ2n) is 7.66. The van der Waals surface area contributed by atoms with E-state index in [0.29, 0.717) is 30.3 Å². The highest BCUT2D eigenvalue weighted by atomic mass is 19.1. The quantitative estimate of drug-likeness (QED) is 0.713. The van der Waals surface area contributed by atoms with Crippen molar-refractivity contribution in [2.24, 2.45) is 5.92 Å². The first-order chi connectivity index (χ1) is 14.4. The van der Waals surface area contributed by atoms with E-state index in [-0.39, 0.29) is 17.0 Å². The third-order valence-electron chi connectivity index (χ3n) is 5.69. The lowest BCUT2D eigenvalue weighted by atomic mass is 9.97. The van der Waals surface area contributed by atoms with Crippen molar-refractivity contribution in [2.45, 2.75) is 19.8 Å². The number of likely N-dealkylation sites (tertiary alicyclic amines) is 1. The third-order valence-corrected chi connectivity index (χ3v) is 5.69. The highest BCUT2D eigenvalue weighted by Gasteiger charge is 2.44. The molecule has 2 aromatic rings. The molecule has 0 saturated carbocycles. The van der Waals surface area contributed by atoms with E-state index in [1.807, 2.05) is 4.90 Å². The fourth-order valence-corrected chi connectivity index (χ4v) is 3.94. The summed E-state index contributed by atoms with van der Waals surface area (Å²) in [6, 6.07) is 9.52. The van der Waals surface area contributed by atoms with E-state index in [2.05, 4.69) is 6.92 Å². The van der Waals surface area contributed by atoms with Crippen molar-refractivity contribution in [1.82, 2.24) is 4.90 Å². The lowest BCUT2D eigenvalue weighted by Crippen LogP contribution is -2.38. The lowest BCUT2D eigenvalue weighted by molar-refractivity contribution is -0.120. The summed E-state index contributed by atoms with van der Waals surface area (Å²) < 4.78 is 33.4. The SMILES string of the molecule is COc1ccc(C2=C(N3CCC(C)CC3)C(=O)N(c3cc(F)ccc3F)C2=O)cc1. The third kappa shape index (κ3) is 3.44. The minimum atomic E-state index is -0.833. The van der Waals surface area contributed by atoms with Gasteiger partial charge in [0, 0.05) is 19.2 Å². The van der Waals surface area contributed by atoms with Crippen LogP contribution in [0.5, 0.6) is 5.75 Å². The highest BCUT2D eigenvalue weighted by Crippen LogP contribution is 2.37. The van der Waals surface area contributed by atoms with Crippen LogP contribution in [0, 0.1) is 17.6 Å². The zero-order chi connectivity index (χ0) is 21.4. The molecule has 0 bridgehead atoms. The zero-order valence-corrected chi connectivity index (χ0v) is 16.8. The molecule has 2 heterocycles. The number of carbonyl (C=O) groups is 2. The fourth-order valence-electron chi connectivity index (χ4n) is 3.94. The van der Waals surface area contributed by atoms with Crippen LogP contribution in [0.15, 0.2) is 48.2 Å². The van der Waals surface area contributed by atoms with Crippen LogP contribution in [-0.2, 0) is 9.59 Å². The summed E-state index contributed by atoms with van der Waals surface area (Å²) in [4.78, 5) is 29.3. The van der Waals surface area contributed by atoms with E-state index in [9.17, 15) is 18.4 Å². The van der Waals surface area contributed by atoms with Gasteiger partial charge < -0.3 is 9.64 Å². The summed E-state index contributed by atoms with van der Waals surface area (Å²) in [5, 5.41) is 0. The molecule has 2 aliphatic heterocycles. The molecule has 7 heteroatoms. The highest BCUT2D eigenvalue weighted by molar-refractivity contribution is 6.45. The second kappa shape index (κ2) is 7.89. The van der Waals surface area contributed by atoms with Crippen molar-refractivity contribution in [2.75, 3.05) is 25.1 Å². The predicted molar refractivity (Wildman–Crippen MR) is 109 cm³/mol. The van der Waals surface area contributed by atoms with Crippen molar-refractivity contribution in [3.63, 3.8) is 0 Å². The normalized spacial score (nSPS) is 17.9. The molecule has 2 aliphatic rings. The van der Waals surface area contributed by atoms with Gasteiger partial charge in [-0.25, -0.2) is 13.7 Å². The Balaban J connectivity index is 1.82. The van der Waals surface area contributed by atoms with E-state index in [0.717, 1.165) is 35.9 Å². The monoisotopic (exact) mass is 412 g/mol. The Morgan fingerprint density at radius 1 is 0.967 bits per heavy atom. The molecule has 2 aromatic carbocycles. The zero-order valence-electron chi connectivity index (χ0n) is 16.8. The first kappa shape index (κ1) is 20.1. The number of piperidine rings is 1. The van der Waals surface area contributed by atoms with Crippen LogP contribution >= 0.6 is 0 Å². The molecule has 1 fully saturated rings. The van der Waals surface area contributed by atoms with Gasteiger partial charge in [-0.15, -0.1) is 0 Å². The van der Waals surface area contributed by atoms with E-state index in [1.165, 1.54) is 7.11 Å². The average molecular weight is 412 g/mol. The Bertz CT molecular complexity index is 1030. The van der Waals surface area contributed by atoms with Gasteiger partial charge in [-0.3, -0.25) is 9.59 Å². The van der Waals surface area contributed by atoms with E-state index < -0.39 is 23.4 Å². The van der Waals surface area contributed by atoms with E-state index in [1.54, 1.807) is 24.3 Å². The van der Waals surface area contributed by atoms with Crippen LogP contribution < -0.4 is 9.64 Å². The molecule has 0 radical (unpaired) electrons. The standard InChI is InChI=1S/C23H22F2N2O3/c1-14-9-11-26(12-10-14)21-20(15-3-6-17(30-2)7-4-15)22(28)27(23(21)29)19-13-16(24)5-8-18(19)25/h3-8,13-14H,9-12H2,1-2H3. The Hall–Kier alpha value is -3.22. The molecule has 0 aromatic heterocycles. The number of amides is 2. The minimum Gasteiger partial charge on any atom is -0.497 e. The molecule has 4 rings (SSSR count). The van der Waals surface area contributed by atoms with Gasteiger partial charge in [0.15, 0.2) is 0 Å². The van der Waals surface area contributed by atoms with Gasteiger partial charge in [-0.2, -0.15) is 0 Å². The van der Waals surface area contributed by atoms with Gasteiger partial charge in [-0.05, 0) is 48.6 Å². The number of nitrogens with zero attached hydrogens (tertiary/aromatic N) is 2. The van der Waals surface area contributed by atoms with Crippen molar-refractivity contribution in [1.29, 1.82) is 0 Å². The van der Waals surface area contributed by atoms with E-state index >= 15 is 0 Å². The molecule has 0 N–H and O–H groups in total. The number of anilines is 1. The van der Waals surface area contributed by atoms with Crippen molar-refractivity contribution in [3.8, 4) is 5.75 Å². The molecular weight excluding hydrogens is 390 g/mol. The fraction of sp³-hybridized carbons (Fsp3) is 0.304. The summed E-state index contributed by atoms with van der Waals surface area (Å²) in [6.45, 7) is 3.38. The van der Waals surface area contributed by atoms with Crippen LogP contribution in [0.2, 0.25) is 0 Å². The van der Waals surface area contributed by atoms with Gasteiger partial charge in [-0.1, -0.05) is 19.1 Å². The molecular formula is C23H22F2N2O3. The number of hydrogen-bond donors (Lipinski definition) is 0. The Labute approximate surface area is 173 Å². The van der Waals surface area contributed by atoms with Gasteiger partial charge >= 0.3 is 0 Å². The lowest BCUT2D eigenvalue weighted by Gasteiger charge is -2.32. The number of methoxy groups -OCH3 is 1. The maximum absolute atomic E-state index is 14.5. The summed E-state index contributed by atoms with van der Waals surface area (Å²) in [7, 11) is 1.54. The number of rotatable bonds is 4. The molecule has 30 heavy (non-hydrogen) atoms. The summed E-state index contributed by atoms with van der Waals surface area (Å²) in [5.74, 6) is -1.72. The molecule has 156 valence electrons. The Kier molecular flexibility index (Phi) is 5.28. The van der Waals surface area contributed by atoms with Crippen molar-refractivity contribution >= 4 is 23.1 Å². The van der Waals surface area contributed by atoms with Gasteiger partial charge in [0.25, 0.3) is 11.8 Å². The summed E-state index contributed by atoms with van der Waals surface area (Å²) in [5.41, 5.74) is 0.583. The summed E-state index contributed by atoms with van der Waals surface area (Å²) >= 11 is 0. The van der Waals surface area contributed by atoms with Gasteiger partial charge in [0.2, 0.25) is 0 Å². The average Bonchev–Trinajstić information content (AvgIpc) is 3.00.